The lowest BCUT2D eigenvalue weighted by Gasteiger charge is -2.29. The average Bonchev–Trinajstić information content (AvgIpc) is 3.02. The first-order valence-corrected chi connectivity index (χ1v) is 10.7. The standard InChI is InChI=1S/C22H30N4O3/c1-14-11-15(8-10-24-14)7-9-23-12-16-3-2-4-17-13-26(22(29)20(16)17)18-5-6-19(27)25-21(18)28/h2-4,14-15,18,23-24H,5-13H2,1H3,(H,25,27,28). The molecule has 3 amide bonds. The quantitative estimate of drug-likeness (QED) is 0.497. The van der Waals surface area contributed by atoms with Crippen molar-refractivity contribution in [3.05, 3.63) is 34.9 Å². The van der Waals surface area contributed by atoms with E-state index in [2.05, 4.69) is 22.9 Å². The zero-order valence-corrected chi connectivity index (χ0v) is 17.0. The van der Waals surface area contributed by atoms with E-state index in [0.717, 1.165) is 42.1 Å². The Kier molecular flexibility index (Phi) is 5.96. The predicted molar refractivity (Wildman–Crippen MR) is 109 cm³/mol. The summed E-state index contributed by atoms with van der Waals surface area (Å²) < 4.78 is 0. The Balaban J connectivity index is 1.36. The van der Waals surface area contributed by atoms with Crippen LogP contribution in [-0.2, 0) is 22.7 Å². The highest BCUT2D eigenvalue weighted by atomic mass is 16.2. The van der Waals surface area contributed by atoms with Crippen LogP contribution in [0, 0.1) is 5.92 Å². The van der Waals surface area contributed by atoms with Gasteiger partial charge in [-0.1, -0.05) is 18.2 Å². The number of nitrogens with zero attached hydrogens (tertiary/aromatic N) is 1. The first-order valence-electron chi connectivity index (χ1n) is 10.7. The number of carbonyl (C=O) groups is 3. The molecule has 3 N–H and O–H groups in total. The molecule has 7 nitrogen and oxygen atoms in total. The number of fused-ring (bicyclic) bond motifs is 1. The van der Waals surface area contributed by atoms with Gasteiger partial charge in [-0.2, -0.15) is 0 Å². The third-order valence-corrected chi connectivity index (χ3v) is 6.42. The lowest BCUT2D eigenvalue weighted by Crippen LogP contribution is -2.52. The van der Waals surface area contributed by atoms with Crippen molar-refractivity contribution in [2.45, 2.75) is 64.2 Å². The molecule has 3 aliphatic heterocycles. The van der Waals surface area contributed by atoms with Crippen LogP contribution in [0.1, 0.15) is 60.5 Å². The summed E-state index contributed by atoms with van der Waals surface area (Å²) in [6.45, 7) is 5.36. The highest BCUT2D eigenvalue weighted by Gasteiger charge is 2.39. The second-order valence-electron chi connectivity index (χ2n) is 8.56. The zero-order chi connectivity index (χ0) is 20.4. The molecule has 0 aromatic heterocycles. The van der Waals surface area contributed by atoms with E-state index in [9.17, 15) is 14.4 Å². The number of amides is 3. The third kappa shape index (κ3) is 4.36. The van der Waals surface area contributed by atoms with Crippen LogP contribution in [0.4, 0.5) is 0 Å². The number of carbonyl (C=O) groups excluding carboxylic acids is 3. The van der Waals surface area contributed by atoms with E-state index in [1.165, 1.54) is 12.8 Å². The van der Waals surface area contributed by atoms with Gasteiger partial charge in [0.05, 0.1) is 0 Å². The second-order valence-corrected chi connectivity index (χ2v) is 8.56. The fourth-order valence-corrected chi connectivity index (χ4v) is 4.86. The molecule has 0 aliphatic carbocycles. The fourth-order valence-electron chi connectivity index (χ4n) is 4.86. The molecule has 2 fully saturated rings. The first-order chi connectivity index (χ1) is 14.0. The molecule has 0 spiro atoms. The number of rotatable bonds is 6. The summed E-state index contributed by atoms with van der Waals surface area (Å²) in [4.78, 5) is 38.3. The Morgan fingerprint density at radius 1 is 1.21 bits per heavy atom. The molecule has 0 saturated carbocycles. The van der Waals surface area contributed by atoms with Crippen LogP contribution in [-0.4, -0.2) is 47.8 Å². The van der Waals surface area contributed by atoms with E-state index in [0.29, 0.717) is 25.6 Å². The maximum Gasteiger partial charge on any atom is 0.255 e. The van der Waals surface area contributed by atoms with Crippen LogP contribution < -0.4 is 16.0 Å². The van der Waals surface area contributed by atoms with Crippen LogP contribution in [0.5, 0.6) is 0 Å². The molecule has 3 aliphatic rings. The Morgan fingerprint density at radius 2 is 2.07 bits per heavy atom. The molecular formula is C22H30N4O3. The summed E-state index contributed by atoms with van der Waals surface area (Å²) in [5.74, 6) is 0.0330. The van der Waals surface area contributed by atoms with Crippen LogP contribution in [0.25, 0.3) is 0 Å². The Labute approximate surface area is 171 Å². The maximum atomic E-state index is 13.1. The fraction of sp³-hybridized carbons (Fsp3) is 0.591. The Morgan fingerprint density at radius 3 is 2.86 bits per heavy atom. The van der Waals surface area contributed by atoms with E-state index in [-0.39, 0.29) is 24.1 Å². The van der Waals surface area contributed by atoms with Crippen molar-refractivity contribution in [2.75, 3.05) is 13.1 Å². The average molecular weight is 399 g/mol. The van der Waals surface area contributed by atoms with Crippen molar-refractivity contribution in [1.82, 2.24) is 20.9 Å². The Bertz CT molecular complexity index is 809. The molecule has 29 heavy (non-hydrogen) atoms. The topological polar surface area (TPSA) is 90.5 Å². The third-order valence-electron chi connectivity index (χ3n) is 6.42. The number of piperidine rings is 2. The molecule has 3 atom stereocenters. The van der Waals surface area contributed by atoms with Crippen molar-refractivity contribution in [2.24, 2.45) is 5.92 Å². The van der Waals surface area contributed by atoms with E-state index < -0.39 is 6.04 Å². The largest absolute Gasteiger partial charge is 0.322 e. The molecule has 3 unspecified atom stereocenters. The minimum absolute atomic E-state index is 0.0981. The highest BCUT2D eigenvalue weighted by Crippen LogP contribution is 2.30. The van der Waals surface area contributed by atoms with Crippen molar-refractivity contribution in [3.8, 4) is 0 Å². The second kappa shape index (κ2) is 8.63. The van der Waals surface area contributed by atoms with Crippen LogP contribution in [0.15, 0.2) is 18.2 Å². The maximum absolute atomic E-state index is 13.1. The summed E-state index contributed by atoms with van der Waals surface area (Å²) in [5.41, 5.74) is 2.67. The molecule has 1 aromatic rings. The van der Waals surface area contributed by atoms with Crippen LogP contribution >= 0.6 is 0 Å². The zero-order valence-electron chi connectivity index (χ0n) is 17.0. The molecule has 3 heterocycles. The van der Waals surface area contributed by atoms with Crippen LogP contribution in [0.3, 0.4) is 0 Å². The van der Waals surface area contributed by atoms with Gasteiger partial charge in [-0.25, -0.2) is 0 Å². The number of hydrogen-bond acceptors (Lipinski definition) is 5. The van der Waals surface area contributed by atoms with Crippen LogP contribution in [0.2, 0.25) is 0 Å². The number of benzene rings is 1. The molecular weight excluding hydrogens is 368 g/mol. The lowest BCUT2D eigenvalue weighted by molar-refractivity contribution is -0.136. The Hall–Kier alpha value is -2.25. The van der Waals surface area contributed by atoms with E-state index in [1.54, 1.807) is 4.90 Å². The smallest absolute Gasteiger partial charge is 0.255 e. The molecule has 0 radical (unpaired) electrons. The SMILES string of the molecule is CC1CC(CCNCc2cccc3c2C(=O)N(C2CCC(=O)NC2=O)C3)CCN1. The predicted octanol–water partition coefficient (Wildman–Crippen LogP) is 1.32. The molecule has 7 heteroatoms. The molecule has 0 bridgehead atoms. The van der Waals surface area contributed by atoms with E-state index >= 15 is 0 Å². The number of hydrogen-bond donors (Lipinski definition) is 3. The minimum Gasteiger partial charge on any atom is -0.322 e. The highest BCUT2D eigenvalue weighted by molar-refractivity contribution is 6.05. The lowest BCUT2D eigenvalue weighted by atomic mass is 9.90. The monoisotopic (exact) mass is 398 g/mol. The summed E-state index contributed by atoms with van der Waals surface area (Å²) in [6.07, 6.45) is 4.28. The number of imide groups is 1. The van der Waals surface area contributed by atoms with E-state index in [4.69, 9.17) is 0 Å². The van der Waals surface area contributed by atoms with Gasteiger partial charge in [0.2, 0.25) is 11.8 Å². The van der Waals surface area contributed by atoms with Gasteiger partial charge in [-0.05, 0) is 62.7 Å². The van der Waals surface area contributed by atoms with Gasteiger partial charge >= 0.3 is 0 Å². The summed E-state index contributed by atoms with van der Waals surface area (Å²) >= 11 is 0. The normalized spacial score (nSPS) is 27.1. The van der Waals surface area contributed by atoms with Gasteiger partial charge in [-0.15, -0.1) is 0 Å². The molecule has 156 valence electrons. The van der Waals surface area contributed by atoms with Crippen molar-refractivity contribution < 1.29 is 14.4 Å². The first kappa shape index (κ1) is 20.0. The summed E-state index contributed by atoms with van der Waals surface area (Å²) in [5, 5.41) is 9.35. The van der Waals surface area contributed by atoms with Gasteiger partial charge in [0, 0.05) is 31.1 Å². The molecule has 4 rings (SSSR count). The van der Waals surface area contributed by atoms with Crippen molar-refractivity contribution >= 4 is 17.7 Å². The summed E-state index contributed by atoms with van der Waals surface area (Å²) in [7, 11) is 0. The van der Waals surface area contributed by atoms with E-state index in [1.807, 2.05) is 18.2 Å². The molecule has 1 aromatic carbocycles. The summed E-state index contributed by atoms with van der Waals surface area (Å²) in [6, 6.07) is 5.96. The van der Waals surface area contributed by atoms with Crippen molar-refractivity contribution in [3.63, 3.8) is 0 Å². The molecule has 2 saturated heterocycles. The van der Waals surface area contributed by atoms with Gasteiger partial charge in [-0.3, -0.25) is 19.7 Å². The number of nitrogens with one attached hydrogen (secondary N) is 3. The van der Waals surface area contributed by atoms with Gasteiger partial charge in [0.25, 0.3) is 5.91 Å². The van der Waals surface area contributed by atoms with Gasteiger partial charge in [0.1, 0.15) is 6.04 Å². The van der Waals surface area contributed by atoms with Gasteiger partial charge in [0.15, 0.2) is 0 Å². The van der Waals surface area contributed by atoms with Crippen molar-refractivity contribution in [1.29, 1.82) is 0 Å². The minimum atomic E-state index is -0.560. The van der Waals surface area contributed by atoms with Gasteiger partial charge < -0.3 is 15.5 Å².